The first kappa shape index (κ1) is 20.7. The highest BCUT2D eigenvalue weighted by atomic mass is 32.1. The van der Waals surface area contributed by atoms with Gasteiger partial charge in [-0.05, 0) is 36.2 Å². The van der Waals surface area contributed by atoms with E-state index in [1.807, 2.05) is 18.5 Å². The Morgan fingerprint density at radius 1 is 1.25 bits per heavy atom. The Morgan fingerprint density at radius 3 is 2.97 bits per heavy atom. The molecular formula is C22H18F3N5OS. The van der Waals surface area contributed by atoms with Crippen molar-refractivity contribution in [3.8, 4) is 0 Å². The van der Waals surface area contributed by atoms with Gasteiger partial charge in [0.05, 0.1) is 17.3 Å². The summed E-state index contributed by atoms with van der Waals surface area (Å²) in [6.45, 7) is 2.16. The molecule has 6 nitrogen and oxygen atoms in total. The fourth-order valence-electron chi connectivity index (χ4n) is 3.91. The molecule has 164 valence electrons. The number of carbonyl (C=O) groups is 1. The van der Waals surface area contributed by atoms with E-state index in [1.54, 1.807) is 16.1 Å². The van der Waals surface area contributed by atoms with Crippen molar-refractivity contribution in [2.75, 3.05) is 11.9 Å². The summed E-state index contributed by atoms with van der Waals surface area (Å²) in [6, 6.07) is 6.50. The number of hydrogen-bond acceptors (Lipinski definition) is 5. The van der Waals surface area contributed by atoms with E-state index in [2.05, 4.69) is 20.3 Å². The molecule has 4 heterocycles. The van der Waals surface area contributed by atoms with E-state index in [4.69, 9.17) is 0 Å². The maximum atomic E-state index is 12.9. The Balaban J connectivity index is 1.29. The van der Waals surface area contributed by atoms with Crippen LogP contribution in [0.1, 0.15) is 31.9 Å². The van der Waals surface area contributed by atoms with Crippen LogP contribution in [-0.4, -0.2) is 31.9 Å². The monoisotopic (exact) mass is 457 g/mol. The molecule has 0 radical (unpaired) electrons. The highest BCUT2D eigenvalue weighted by Gasteiger charge is 2.31. The van der Waals surface area contributed by atoms with Gasteiger partial charge in [-0.2, -0.15) is 18.3 Å². The van der Waals surface area contributed by atoms with Crippen LogP contribution in [0.5, 0.6) is 0 Å². The van der Waals surface area contributed by atoms with Crippen molar-refractivity contribution >= 4 is 28.6 Å². The summed E-state index contributed by atoms with van der Waals surface area (Å²) in [5.41, 5.74) is 2.69. The van der Waals surface area contributed by atoms with Crippen LogP contribution in [0.3, 0.4) is 0 Å². The van der Waals surface area contributed by atoms with Crippen LogP contribution >= 0.6 is 11.3 Å². The molecule has 1 N–H and O–H groups in total. The zero-order chi connectivity index (χ0) is 22.3. The Labute approximate surface area is 185 Å². The van der Waals surface area contributed by atoms with Gasteiger partial charge in [0.1, 0.15) is 0 Å². The van der Waals surface area contributed by atoms with E-state index in [0.29, 0.717) is 25.1 Å². The van der Waals surface area contributed by atoms with E-state index in [9.17, 15) is 18.0 Å². The van der Waals surface area contributed by atoms with Crippen LogP contribution in [-0.2, 0) is 25.7 Å². The molecule has 0 saturated carbocycles. The average molecular weight is 457 g/mol. The molecule has 32 heavy (non-hydrogen) atoms. The Morgan fingerprint density at radius 2 is 2.12 bits per heavy atom. The van der Waals surface area contributed by atoms with E-state index in [-0.39, 0.29) is 11.6 Å². The van der Waals surface area contributed by atoms with Crippen LogP contribution in [0, 0.1) is 0 Å². The quantitative estimate of drug-likeness (QED) is 0.486. The van der Waals surface area contributed by atoms with Gasteiger partial charge >= 0.3 is 6.18 Å². The predicted octanol–water partition coefficient (Wildman–Crippen LogP) is 4.62. The number of aromatic nitrogens is 3. The summed E-state index contributed by atoms with van der Waals surface area (Å²) >= 11 is 1.50. The van der Waals surface area contributed by atoms with Gasteiger partial charge in [-0.1, -0.05) is 6.07 Å². The lowest BCUT2D eigenvalue weighted by molar-refractivity contribution is -0.137. The minimum atomic E-state index is -4.46. The standard InChI is InChI=1S/C22H18F3N5OS/c23-22(24,25)15-3-1-4-16(9-15)28-21(31)18-13-32-19-12-29(8-5-17(18)19)11-14-10-27-30-7-2-6-26-20(14)30/h1-4,6-7,9-10,13H,5,8,11-12H2,(H,28,31). The Hall–Kier alpha value is -3.24. The molecule has 4 aromatic rings. The zero-order valence-electron chi connectivity index (χ0n) is 16.8. The molecule has 0 atom stereocenters. The lowest BCUT2D eigenvalue weighted by atomic mass is 10.0. The molecule has 0 unspecified atom stereocenters. The molecule has 1 aromatic carbocycles. The molecular weight excluding hydrogens is 439 g/mol. The highest BCUT2D eigenvalue weighted by molar-refractivity contribution is 7.10. The summed E-state index contributed by atoms with van der Waals surface area (Å²) in [6.07, 6.45) is 1.65. The molecule has 1 amide bonds. The topological polar surface area (TPSA) is 62.5 Å². The van der Waals surface area contributed by atoms with E-state index in [0.717, 1.165) is 40.3 Å². The second-order valence-corrected chi connectivity index (χ2v) is 8.57. The van der Waals surface area contributed by atoms with Gasteiger partial charge in [0.2, 0.25) is 0 Å². The third kappa shape index (κ3) is 3.98. The lowest BCUT2D eigenvalue weighted by Crippen LogP contribution is -2.30. The first-order valence-electron chi connectivity index (χ1n) is 9.96. The number of nitrogens with zero attached hydrogens (tertiary/aromatic N) is 4. The molecule has 10 heteroatoms. The summed E-state index contributed by atoms with van der Waals surface area (Å²) in [4.78, 5) is 20.5. The number of nitrogens with one attached hydrogen (secondary N) is 1. The fraction of sp³-hybridized carbons (Fsp3) is 0.227. The lowest BCUT2D eigenvalue weighted by Gasteiger charge is -2.26. The summed E-state index contributed by atoms with van der Waals surface area (Å²) in [5, 5.41) is 8.72. The third-order valence-electron chi connectivity index (χ3n) is 5.46. The number of alkyl halides is 3. The number of thiophene rings is 1. The van der Waals surface area contributed by atoms with Crippen molar-refractivity contribution in [2.24, 2.45) is 0 Å². The van der Waals surface area contributed by atoms with Crippen LogP contribution in [0.15, 0.2) is 54.3 Å². The van der Waals surface area contributed by atoms with Gasteiger partial charge < -0.3 is 5.32 Å². The summed E-state index contributed by atoms with van der Waals surface area (Å²) in [5.74, 6) is -0.387. The molecule has 1 aliphatic heterocycles. The number of carbonyl (C=O) groups excluding carboxylic acids is 1. The van der Waals surface area contributed by atoms with Crippen molar-refractivity contribution in [2.45, 2.75) is 25.7 Å². The van der Waals surface area contributed by atoms with Crippen molar-refractivity contribution in [1.82, 2.24) is 19.5 Å². The largest absolute Gasteiger partial charge is 0.416 e. The summed E-state index contributed by atoms with van der Waals surface area (Å²) < 4.78 is 40.6. The van der Waals surface area contributed by atoms with Crippen molar-refractivity contribution in [3.63, 3.8) is 0 Å². The summed E-state index contributed by atoms with van der Waals surface area (Å²) in [7, 11) is 0. The smallest absolute Gasteiger partial charge is 0.322 e. The van der Waals surface area contributed by atoms with Crippen molar-refractivity contribution in [3.05, 3.63) is 81.4 Å². The minimum Gasteiger partial charge on any atom is -0.322 e. The Bertz CT molecular complexity index is 1300. The number of hydrogen-bond donors (Lipinski definition) is 1. The Kier molecular flexibility index (Phi) is 5.18. The number of fused-ring (bicyclic) bond motifs is 2. The van der Waals surface area contributed by atoms with Gasteiger partial charge in [0.15, 0.2) is 5.65 Å². The predicted molar refractivity (Wildman–Crippen MR) is 115 cm³/mol. The number of anilines is 1. The number of rotatable bonds is 4. The maximum Gasteiger partial charge on any atom is 0.416 e. The SMILES string of the molecule is O=C(Nc1cccc(C(F)(F)F)c1)c1csc2c1CCN(Cc1cnn3cccnc13)C2. The molecule has 5 rings (SSSR count). The first-order valence-corrected chi connectivity index (χ1v) is 10.8. The number of benzene rings is 1. The van der Waals surface area contributed by atoms with Crippen LogP contribution < -0.4 is 5.32 Å². The van der Waals surface area contributed by atoms with Crippen LogP contribution in [0.4, 0.5) is 18.9 Å². The second kappa shape index (κ2) is 8.03. The molecule has 0 saturated heterocycles. The van der Waals surface area contributed by atoms with Crippen LogP contribution in [0.25, 0.3) is 5.65 Å². The molecule has 0 fully saturated rings. The fourth-order valence-corrected chi connectivity index (χ4v) is 5.03. The minimum absolute atomic E-state index is 0.128. The first-order chi connectivity index (χ1) is 15.4. The average Bonchev–Trinajstić information content (AvgIpc) is 3.38. The van der Waals surface area contributed by atoms with Crippen LogP contribution in [0.2, 0.25) is 0 Å². The molecule has 1 aliphatic rings. The van der Waals surface area contributed by atoms with Gasteiger partial charge in [-0.15, -0.1) is 11.3 Å². The highest BCUT2D eigenvalue weighted by Crippen LogP contribution is 2.32. The van der Waals surface area contributed by atoms with Gasteiger partial charge in [-0.25, -0.2) is 9.50 Å². The normalized spacial score (nSPS) is 14.5. The van der Waals surface area contributed by atoms with E-state index in [1.165, 1.54) is 23.5 Å². The second-order valence-electron chi connectivity index (χ2n) is 7.60. The molecule has 0 spiro atoms. The zero-order valence-corrected chi connectivity index (χ0v) is 17.6. The van der Waals surface area contributed by atoms with Gasteiger partial charge in [-0.3, -0.25) is 9.69 Å². The molecule has 0 aliphatic carbocycles. The number of halogens is 3. The number of amides is 1. The molecule has 0 bridgehead atoms. The van der Waals surface area contributed by atoms with Gasteiger partial charge in [0, 0.05) is 53.5 Å². The van der Waals surface area contributed by atoms with E-state index < -0.39 is 11.7 Å². The van der Waals surface area contributed by atoms with Crippen molar-refractivity contribution in [1.29, 1.82) is 0 Å². The van der Waals surface area contributed by atoms with Crippen molar-refractivity contribution < 1.29 is 18.0 Å². The van der Waals surface area contributed by atoms with E-state index >= 15 is 0 Å². The maximum absolute atomic E-state index is 12.9. The third-order valence-corrected chi connectivity index (χ3v) is 6.48. The molecule has 3 aromatic heterocycles. The van der Waals surface area contributed by atoms with Gasteiger partial charge in [0.25, 0.3) is 5.91 Å².